The first kappa shape index (κ1) is 20.2. The zero-order chi connectivity index (χ0) is 17.7. The quantitative estimate of drug-likeness (QED) is 0.583. The standard InChI is InChI=1S/C16H33N3O3S/c1-7-22-14(13(2)3)8-9-18-15(17-6)19-10-11-23(20,21)16(4,5)12-19/h13-14H,7-12H2,1-6H3,(H,17,18). The van der Waals surface area contributed by atoms with Crippen LogP contribution in [-0.2, 0) is 14.6 Å². The van der Waals surface area contributed by atoms with Crippen LogP contribution >= 0.6 is 0 Å². The van der Waals surface area contributed by atoms with Crippen LogP contribution in [0.25, 0.3) is 0 Å². The summed E-state index contributed by atoms with van der Waals surface area (Å²) < 4.78 is 29.2. The van der Waals surface area contributed by atoms with Crippen molar-refractivity contribution in [2.45, 2.75) is 51.9 Å². The SMILES string of the molecule is CCOC(CCNC(=NC)N1CCS(=O)(=O)C(C)(C)C1)C(C)C. The highest BCUT2D eigenvalue weighted by Gasteiger charge is 2.40. The van der Waals surface area contributed by atoms with Gasteiger partial charge in [-0.2, -0.15) is 0 Å². The Kier molecular flexibility index (Phi) is 7.32. The molecule has 7 heteroatoms. The minimum absolute atomic E-state index is 0.175. The number of nitrogens with one attached hydrogen (secondary N) is 1. The van der Waals surface area contributed by atoms with Crippen LogP contribution in [0.4, 0.5) is 0 Å². The molecule has 1 atom stereocenters. The van der Waals surface area contributed by atoms with Crippen LogP contribution in [0.5, 0.6) is 0 Å². The highest BCUT2D eigenvalue weighted by molar-refractivity contribution is 7.92. The van der Waals surface area contributed by atoms with Crippen molar-refractivity contribution < 1.29 is 13.2 Å². The molecule has 1 unspecified atom stereocenters. The van der Waals surface area contributed by atoms with Crippen LogP contribution in [0, 0.1) is 5.92 Å². The predicted octanol–water partition coefficient (Wildman–Crippen LogP) is 1.52. The number of sulfone groups is 1. The second-order valence-electron chi connectivity index (χ2n) is 7.00. The zero-order valence-electron chi connectivity index (χ0n) is 15.4. The Morgan fingerprint density at radius 3 is 2.52 bits per heavy atom. The number of hydrogen-bond donors (Lipinski definition) is 1. The Morgan fingerprint density at radius 2 is 2.04 bits per heavy atom. The van der Waals surface area contributed by atoms with Crippen LogP contribution < -0.4 is 5.32 Å². The number of rotatable bonds is 6. The molecule has 0 aromatic carbocycles. The van der Waals surface area contributed by atoms with Gasteiger partial charge in [0.05, 0.1) is 16.6 Å². The molecular weight excluding hydrogens is 314 g/mol. The van der Waals surface area contributed by atoms with Crippen molar-refractivity contribution in [3.63, 3.8) is 0 Å². The third kappa shape index (κ3) is 5.35. The molecule has 0 spiro atoms. The number of aliphatic imine (C=N–C) groups is 1. The molecule has 1 N–H and O–H groups in total. The van der Waals surface area contributed by atoms with E-state index < -0.39 is 14.6 Å². The van der Waals surface area contributed by atoms with Gasteiger partial charge < -0.3 is 15.0 Å². The average Bonchev–Trinajstić information content (AvgIpc) is 2.45. The van der Waals surface area contributed by atoms with Gasteiger partial charge in [-0.05, 0) is 33.1 Å². The van der Waals surface area contributed by atoms with E-state index in [4.69, 9.17) is 4.74 Å². The summed E-state index contributed by atoms with van der Waals surface area (Å²) in [7, 11) is -1.30. The molecule has 0 amide bonds. The maximum absolute atomic E-state index is 12.1. The minimum atomic E-state index is -3.03. The van der Waals surface area contributed by atoms with Crippen LogP contribution in [-0.4, -0.2) is 69.2 Å². The summed E-state index contributed by atoms with van der Waals surface area (Å²) in [5, 5.41) is 3.35. The molecule has 0 aromatic rings. The molecular formula is C16H33N3O3S. The van der Waals surface area contributed by atoms with Gasteiger partial charge in [0.25, 0.3) is 0 Å². The molecule has 1 heterocycles. The summed E-state index contributed by atoms with van der Waals surface area (Å²) in [5.41, 5.74) is 0. The minimum Gasteiger partial charge on any atom is -0.378 e. The van der Waals surface area contributed by atoms with Gasteiger partial charge in [-0.15, -0.1) is 0 Å². The highest BCUT2D eigenvalue weighted by atomic mass is 32.2. The Balaban J connectivity index is 2.59. The molecule has 0 bridgehead atoms. The van der Waals surface area contributed by atoms with Gasteiger partial charge >= 0.3 is 0 Å². The van der Waals surface area contributed by atoms with Gasteiger partial charge in [0.1, 0.15) is 0 Å². The summed E-state index contributed by atoms with van der Waals surface area (Å²) in [6, 6.07) is 0. The van der Waals surface area contributed by atoms with Gasteiger partial charge in [0.15, 0.2) is 15.8 Å². The van der Waals surface area contributed by atoms with Crippen molar-refractivity contribution >= 4 is 15.8 Å². The van der Waals surface area contributed by atoms with E-state index in [0.717, 1.165) is 25.5 Å². The lowest BCUT2D eigenvalue weighted by Crippen LogP contribution is -2.57. The molecule has 1 aliphatic rings. The van der Waals surface area contributed by atoms with E-state index in [0.29, 0.717) is 19.0 Å². The van der Waals surface area contributed by atoms with Crippen LogP contribution in [0.15, 0.2) is 4.99 Å². The fourth-order valence-corrected chi connectivity index (χ4v) is 4.17. The fraction of sp³-hybridized carbons (Fsp3) is 0.938. The Hall–Kier alpha value is -0.820. The third-order valence-corrected chi connectivity index (χ3v) is 6.92. The number of guanidine groups is 1. The lowest BCUT2D eigenvalue weighted by molar-refractivity contribution is 0.0257. The molecule has 1 fully saturated rings. The second-order valence-corrected chi connectivity index (χ2v) is 9.74. The summed E-state index contributed by atoms with van der Waals surface area (Å²) in [6.07, 6.45) is 1.13. The van der Waals surface area contributed by atoms with E-state index in [1.165, 1.54) is 0 Å². The summed E-state index contributed by atoms with van der Waals surface area (Å²) in [6.45, 7) is 12.3. The maximum atomic E-state index is 12.1. The van der Waals surface area contributed by atoms with Gasteiger partial charge in [-0.1, -0.05) is 13.8 Å². The van der Waals surface area contributed by atoms with E-state index in [9.17, 15) is 8.42 Å². The van der Waals surface area contributed by atoms with Crippen molar-refractivity contribution in [2.75, 3.05) is 39.0 Å². The van der Waals surface area contributed by atoms with E-state index in [2.05, 4.69) is 24.2 Å². The maximum Gasteiger partial charge on any atom is 0.193 e. The molecule has 23 heavy (non-hydrogen) atoms. The molecule has 1 rings (SSSR count). The van der Waals surface area contributed by atoms with E-state index >= 15 is 0 Å². The Bertz CT molecular complexity index is 501. The first-order valence-corrected chi connectivity index (χ1v) is 10.1. The molecule has 136 valence electrons. The summed E-state index contributed by atoms with van der Waals surface area (Å²) in [5.74, 6) is 1.42. The molecule has 0 saturated carbocycles. The fourth-order valence-electron chi connectivity index (χ4n) is 2.81. The topological polar surface area (TPSA) is 71.0 Å². The molecule has 1 saturated heterocycles. The van der Waals surface area contributed by atoms with Crippen LogP contribution in [0.2, 0.25) is 0 Å². The molecule has 0 aliphatic carbocycles. The Labute approximate surface area is 141 Å². The molecule has 0 aromatic heterocycles. The van der Waals surface area contributed by atoms with Crippen molar-refractivity contribution in [3.05, 3.63) is 0 Å². The van der Waals surface area contributed by atoms with Crippen molar-refractivity contribution in [1.82, 2.24) is 10.2 Å². The van der Waals surface area contributed by atoms with Gasteiger partial charge in [0.2, 0.25) is 0 Å². The first-order valence-electron chi connectivity index (χ1n) is 8.44. The number of nitrogens with zero attached hydrogens (tertiary/aromatic N) is 2. The van der Waals surface area contributed by atoms with E-state index in [1.54, 1.807) is 20.9 Å². The second kappa shape index (κ2) is 8.33. The Morgan fingerprint density at radius 1 is 1.39 bits per heavy atom. The molecule has 1 aliphatic heterocycles. The smallest absolute Gasteiger partial charge is 0.193 e. The van der Waals surface area contributed by atoms with Crippen molar-refractivity contribution in [1.29, 1.82) is 0 Å². The van der Waals surface area contributed by atoms with Crippen LogP contribution in [0.1, 0.15) is 41.0 Å². The van der Waals surface area contributed by atoms with Crippen molar-refractivity contribution in [2.24, 2.45) is 10.9 Å². The normalized spacial score (nSPS) is 22.2. The largest absolute Gasteiger partial charge is 0.378 e. The van der Waals surface area contributed by atoms with E-state index in [1.807, 2.05) is 11.8 Å². The number of hydrogen-bond acceptors (Lipinski definition) is 4. The average molecular weight is 348 g/mol. The lowest BCUT2D eigenvalue weighted by Gasteiger charge is -2.39. The zero-order valence-corrected chi connectivity index (χ0v) is 16.2. The van der Waals surface area contributed by atoms with Crippen molar-refractivity contribution in [3.8, 4) is 0 Å². The molecule has 6 nitrogen and oxygen atoms in total. The van der Waals surface area contributed by atoms with Gasteiger partial charge in [-0.3, -0.25) is 4.99 Å². The summed E-state index contributed by atoms with van der Waals surface area (Å²) in [4.78, 5) is 6.34. The van der Waals surface area contributed by atoms with Gasteiger partial charge in [-0.25, -0.2) is 8.42 Å². The number of ether oxygens (including phenoxy) is 1. The van der Waals surface area contributed by atoms with E-state index in [-0.39, 0.29) is 11.9 Å². The van der Waals surface area contributed by atoms with Gasteiger partial charge in [0, 0.05) is 33.3 Å². The first-order chi connectivity index (χ1) is 10.6. The summed E-state index contributed by atoms with van der Waals surface area (Å²) >= 11 is 0. The third-order valence-electron chi connectivity index (χ3n) is 4.39. The highest BCUT2D eigenvalue weighted by Crippen LogP contribution is 2.23. The van der Waals surface area contributed by atoms with Crippen LogP contribution in [0.3, 0.4) is 0 Å². The molecule has 0 radical (unpaired) electrons. The lowest BCUT2D eigenvalue weighted by atomic mass is 10.0. The predicted molar refractivity (Wildman–Crippen MR) is 95.7 cm³/mol. The monoisotopic (exact) mass is 347 g/mol.